The molecule has 2 aromatic heterocycles. The van der Waals surface area contributed by atoms with Crippen molar-refractivity contribution in [3.63, 3.8) is 0 Å². The third-order valence-corrected chi connectivity index (χ3v) is 6.74. The van der Waals surface area contributed by atoms with Gasteiger partial charge in [-0.25, -0.2) is 4.79 Å². The lowest BCUT2D eigenvalue weighted by molar-refractivity contribution is -0.0222. The molecule has 0 spiro atoms. The van der Waals surface area contributed by atoms with Crippen LogP contribution in [0.25, 0.3) is 33.6 Å². The van der Waals surface area contributed by atoms with Gasteiger partial charge < -0.3 is 28.4 Å². The molecule has 5 rings (SSSR count). The molecule has 0 saturated carbocycles. The Morgan fingerprint density at radius 2 is 1.81 bits per heavy atom. The third-order valence-electron chi connectivity index (χ3n) is 6.74. The van der Waals surface area contributed by atoms with Gasteiger partial charge in [0.25, 0.3) is 5.91 Å². The molecule has 0 atom stereocenters. The number of fused-ring (bicyclic) bond motifs is 1. The largest absolute Gasteiger partial charge is 0.496 e. The number of carbonyl (C=O) groups excluding carboxylic acids is 2. The highest BCUT2D eigenvalue weighted by Gasteiger charge is 2.35. The lowest BCUT2D eigenvalue weighted by atomic mass is 10.0. The summed E-state index contributed by atoms with van der Waals surface area (Å²) in [5, 5.41) is 9.89. The van der Waals surface area contributed by atoms with Gasteiger partial charge in [0.2, 0.25) is 0 Å². The van der Waals surface area contributed by atoms with Gasteiger partial charge in [-0.3, -0.25) is 9.78 Å². The number of furan rings is 1. The average molecular weight is 569 g/mol. The topological polar surface area (TPSA) is 118 Å². The summed E-state index contributed by atoms with van der Waals surface area (Å²) in [5.74, 6) is 1.34. The number of nitriles is 1. The minimum Gasteiger partial charge on any atom is -0.496 e. The smallest absolute Gasteiger partial charge is 0.410 e. The Bertz CT molecular complexity index is 1710. The van der Waals surface area contributed by atoms with E-state index in [-0.39, 0.29) is 18.1 Å². The molecule has 1 fully saturated rings. The molecule has 0 N–H and O–H groups in total. The molecular weight excluding hydrogens is 536 g/mol. The van der Waals surface area contributed by atoms with E-state index in [1.165, 1.54) is 4.90 Å². The number of aromatic nitrogens is 1. The molecule has 10 nitrogen and oxygen atoms in total. The first-order chi connectivity index (χ1) is 20.0. The van der Waals surface area contributed by atoms with Crippen LogP contribution in [0.1, 0.15) is 36.7 Å². The fraction of sp³-hybridized carbons (Fsp3) is 0.312. The van der Waals surface area contributed by atoms with E-state index in [0.717, 1.165) is 11.1 Å². The summed E-state index contributed by atoms with van der Waals surface area (Å²) in [6.07, 6.45) is 1.07. The van der Waals surface area contributed by atoms with Crippen LogP contribution in [-0.4, -0.2) is 72.8 Å². The summed E-state index contributed by atoms with van der Waals surface area (Å²) in [7, 11) is 4.93. The zero-order chi connectivity index (χ0) is 30.2. The molecule has 0 unspecified atom stereocenters. The molecule has 10 heteroatoms. The number of amides is 2. The monoisotopic (exact) mass is 568 g/mol. The van der Waals surface area contributed by atoms with Gasteiger partial charge in [0.15, 0.2) is 5.58 Å². The first-order valence-electron chi connectivity index (χ1n) is 13.4. The van der Waals surface area contributed by atoms with Crippen molar-refractivity contribution in [1.82, 2.24) is 14.8 Å². The quantitative estimate of drug-likeness (QED) is 0.289. The van der Waals surface area contributed by atoms with E-state index in [4.69, 9.17) is 18.6 Å². The number of hydrogen-bond donors (Lipinski definition) is 0. The summed E-state index contributed by atoms with van der Waals surface area (Å²) in [4.78, 5) is 32.2. The molecule has 0 bridgehead atoms. The van der Waals surface area contributed by atoms with E-state index in [1.54, 1.807) is 62.6 Å². The first kappa shape index (κ1) is 28.5. The lowest BCUT2D eigenvalue weighted by Crippen LogP contribution is -2.57. The van der Waals surface area contributed by atoms with Crippen LogP contribution in [0.4, 0.5) is 4.79 Å². The molecule has 0 aliphatic carbocycles. The van der Waals surface area contributed by atoms with Crippen LogP contribution >= 0.6 is 0 Å². The van der Waals surface area contributed by atoms with Gasteiger partial charge in [-0.15, -0.1) is 0 Å². The zero-order valence-electron chi connectivity index (χ0n) is 24.4. The van der Waals surface area contributed by atoms with E-state index in [1.807, 2.05) is 39.0 Å². The molecule has 1 saturated heterocycles. The van der Waals surface area contributed by atoms with Gasteiger partial charge in [-0.05, 0) is 62.7 Å². The van der Waals surface area contributed by atoms with E-state index in [9.17, 15) is 14.9 Å². The zero-order valence-corrected chi connectivity index (χ0v) is 24.4. The molecule has 1 aliphatic rings. The maximum absolute atomic E-state index is 12.4. The molecule has 4 aromatic rings. The fourth-order valence-electron chi connectivity index (χ4n) is 4.64. The maximum atomic E-state index is 12.4. The van der Waals surface area contributed by atoms with Gasteiger partial charge in [0.1, 0.15) is 40.6 Å². The highest BCUT2D eigenvalue weighted by Crippen LogP contribution is 2.38. The van der Waals surface area contributed by atoms with Crippen molar-refractivity contribution in [2.75, 3.05) is 34.3 Å². The minimum absolute atomic E-state index is 0.133. The van der Waals surface area contributed by atoms with Crippen molar-refractivity contribution in [3.05, 3.63) is 65.9 Å². The second kappa shape index (κ2) is 11.1. The van der Waals surface area contributed by atoms with Gasteiger partial charge in [0.05, 0.1) is 31.3 Å². The maximum Gasteiger partial charge on any atom is 0.410 e. The van der Waals surface area contributed by atoms with Crippen molar-refractivity contribution in [3.8, 4) is 40.0 Å². The Morgan fingerprint density at radius 3 is 2.48 bits per heavy atom. The van der Waals surface area contributed by atoms with Crippen LogP contribution in [0.15, 0.2) is 59.1 Å². The number of benzene rings is 2. The van der Waals surface area contributed by atoms with E-state index < -0.39 is 5.60 Å². The van der Waals surface area contributed by atoms with Gasteiger partial charge >= 0.3 is 6.09 Å². The summed E-state index contributed by atoms with van der Waals surface area (Å²) in [6, 6.07) is 16.4. The van der Waals surface area contributed by atoms with E-state index >= 15 is 0 Å². The Balaban J connectivity index is 1.39. The molecular formula is C32H32N4O6. The van der Waals surface area contributed by atoms with Crippen molar-refractivity contribution in [1.29, 1.82) is 5.26 Å². The number of pyridine rings is 1. The minimum atomic E-state index is -0.566. The summed E-state index contributed by atoms with van der Waals surface area (Å²) in [5.41, 5.74) is 3.68. The van der Waals surface area contributed by atoms with Crippen molar-refractivity contribution < 1.29 is 28.2 Å². The van der Waals surface area contributed by atoms with Crippen molar-refractivity contribution >= 4 is 23.1 Å². The average Bonchev–Trinajstić information content (AvgIpc) is 3.37. The first-order valence-corrected chi connectivity index (χ1v) is 13.4. The number of ether oxygens (including phenoxy) is 3. The van der Waals surface area contributed by atoms with E-state index in [2.05, 4.69) is 11.1 Å². The second-order valence-electron chi connectivity index (χ2n) is 11.2. The molecule has 3 heterocycles. The number of carbonyl (C=O) groups is 2. The fourth-order valence-corrected chi connectivity index (χ4v) is 4.64. The molecule has 42 heavy (non-hydrogen) atoms. The molecule has 2 amide bonds. The Kier molecular flexibility index (Phi) is 7.52. The van der Waals surface area contributed by atoms with Gasteiger partial charge in [-0.1, -0.05) is 6.07 Å². The number of hydrogen-bond acceptors (Lipinski definition) is 8. The van der Waals surface area contributed by atoms with Crippen LogP contribution in [0.5, 0.6) is 11.5 Å². The molecule has 0 radical (unpaired) electrons. The lowest BCUT2D eigenvalue weighted by Gasteiger charge is -2.39. The van der Waals surface area contributed by atoms with Crippen LogP contribution in [0, 0.1) is 11.3 Å². The Labute approximate surface area is 244 Å². The molecule has 216 valence electrons. The highest BCUT2D eigenvalue weighted by molar-refractivity contribution is 5.96. The summed E-state index contributed by atoms with van der Waals surface area (Å²) in [6.45, 7) is 6.24. The Hall–Kier alpha value is -5.04. The van der Waals surface area contributed by atoms with Gasteiger partial charge in [-0.2, -0.15) is 5.26 Å². The molecule has 2 aromatic carbocycles. The number of rotatable bonds is 6. The number of methoxy groups -OCH3 is 1. The highest BCUT2D eigenvalue weighted by atomic mass is 16.6. The predicted molar refractivity (Wildman–Crippen MR) is 156 cm³/mol. The van der Waals surface area contributed by atoms with Crippen LogP contribution in [0.2, 0.25) is 0 Å². The van der Waals surface area contributed by atoms with Crippen LogP contribution < -0.4 is 9.47 Å². The van der Waals surface area contributed by atoms with E-state index in [0.29, 0.717) is 58.1 Å². The summed E-state index contributed by atoms with van der Waals surface area (Å²) < 4.78 is 23.3. The Morgan fingerprint density at radius 1 is 1.05 bits per heavy atom. The van der Waals surface area contributed by atoms with Gasteiger partial charge in [0, 0.05) is 37.5 Å². The standard InChI is InChI=1S/C32H32N4O6/c1-32(2,3)42-31(38)36-17-22(18-36)40-26-10-8-19(13-21(26)16-33)23-11-12-34-25-15-28(41-29(23)25)24-9-7-20(14-27(24)39-6)30(37)35(4)5/h7-15,22H,17-18H2,1-6H3. The van der Waals surface area contributed by atoms with Crippen molar-refractivity contribution in [2.45, 2.75) is 32.5 Å². The number of likely N-dealkylation sites (tertiary alicyclic amines) is 1. The van der Waals surface area contributed by atoms with Crippen LogP contribution in [-0.2, 0) is 4.74 Å². The predicted octanol–water partition coefficient (Wildman–Crippen LogP) is 5.74. The molecule has 1 aliphatic heterocycles. The third kappa shape index (κ3) is 5.72. The van der Waals surface area contributed by atoms with Crippen LogP contribution in [0.3, 0.4) is 0 Å². The normalized spacial score (nSPS) is 13.3. The SMILES string of the molecule is COc1cc(C(=O)N(C)C)ccc1-c1cc2nccc(-c3ccc(OC4CN(C(=O)OC(C)(C)C)C4)c(C#N)c3)c2o1. The second-order valence-corrected chi connectivity index (χ2v) is 11.2. The number of nitrogens with zero attached hydrogens (tertiary/aromatic N) is 4. The van der Waals surface area contributed by atoms with Crippen molar-refractivity contribution in [2.24, 2.45) is 0 Å². The summed E-state index contributed by atoms with van der Waals surface area (Å²) >= 11 is 0.